The van der Waals surface area contributed by atoms with Crippen molar-refractivity contribution in [2.75, 3.05) is 12.3 Å². The van der Waals surface area contributed by atoms with Crippen molar-refractivity contribution in [3.8, 4) is 0 Å². The van der Waals surface area contributed by atoms with E-state index < -0.39 is 12.1 Å². The van der Waals surface area contributed by atoms with Crippen LogP contribution in [0.5, 0.6) is 0 Å². The van der Waals surface area contributed by atoms with Crippen LogP contribution >= 0.6 is 0 Å². The van der Waals surface area contributed by atoms with E-state index in [1.807, 2.05) is 0 Å². The molecule has 0 saturated heterocycles. The molecule has 14 heavy (non-hydrogen) atoms. The predicted molar refractivity (Wildman–Crippen MR) is 55.5 cm³/mol. The number of anilines is 1. The van der Waals surface area contributed by atoms with Crippen molar-refractivity contribution in [2.45, 2.75) is 18.6 Å². The van der Waals surface area contributed by atoms with Gasteiger partial charge in [0.2, 0.25) is 0 Å². The Hall–Kier alpha value is -1.10. The predicted octanol–water partition coefficient (Wildman–Crippen LogP) is 0.0119. The van der Waals surface area contributed by atoms with Crippen molar-refractivity contribution in [1.82, 2.24) is 0 Å². The van der Waals surface area contributed by atoms with Gasteiger partial charge in [0, 0.05) is 17.3 Å². The van der Waals surface area contributed by atoms with Crippen molar-refractivity contribution in [3.05, 3.63) is 29.8 Å². The molecular weight excluding hydrogens is 180 g/mol. The SMILES string of the molecule is Nc1ccccc1C(O)CC(N)CO. The highest BCUT2D eigenvalue weighted by Crippen LogP contribution is 2.23. The molecule has 2 unspecified atom stereocenters. The van der Waals surface area contributed by atoms with Crippen LogP contribution in [-0.4, -0.2) is 22.9 Å². The molecule has 0 aliphatic carbocycles. The third kappa shape index (κ3) is 2.70. The van der Waals surface area contributed by atoms with Crippen LogP contribution in [-0.2, 0) is 0 Å². The molecule has 1 aromatic carbocycles. The van der Waals surface area contributed by atoms with E-state index in [9.17, 15) is 5.11 Å². The first-order chi connectivity index (χ1) is 6.65. The number of nitrogen functional groups attached to an aromatic ring is 1. The highest BCUT2D eigenvalue weighted by molar-refractivity contribution is 5.47. The minimum absolute atomic E-state index is 0.135. The average Bonchev–Trinajstić information content (AvgIpc) is 2.18. The maximum absolute atomic E-state index is 9.73. The first kappa shape index (κ1) is 11.0. The molecular formula is C10H16N2O2. The zero-order valence-corrected chi connectivity index (χ0v) is 7.93. The Bertz CT molecular complexity index is 291. The molecule has 4 nitrogen and oxygen atoms in total. The monoisotopic (exact) mass is 196 g/mol. The Morgan fingerprint density at radius 2 is 1.93 bits per heavy atom. The van der Waals surface area contributed by atoms with Crippen LogP contribution in [0, 0.1) is 0 Å². The highest BCUT2D eigenvalue weighted by Gasteiger charge is 2.13. The van der Waals surface area contributed by atoms with Crippen molar-refractivity contribution in [3.63, 3.8) is 0 Å². The van der Waals surface area contributed by atoms with E-state index in [0.29, 0.717) is 17.7 Å². The smallest absolute Gasteiger partial charge is 0.0825 e. The summed E-state index contributed by atoms with van der Waals surface area (Å²) in [5, 5.41) is 18.5. The summed E-state index contributed by atoms with van der Waals surface area (Å²) in [5.41, 5.74) is 12.4. The maximum atomic E-state index is 9.73. The number of aliphatic hydroxyl groups excluding tert-OH is 2. The molecule has 1 aromatic rings. The minimum Gasteiger partial charge on any atom is -0.398 e. The fraction of sp³-hybridized carbons (Fsp3) is 0.400. The maximum Gasteiger partial charge on any atom is 0.0825 e. The molecule has 0 saturated carbocycles. The Kier molecular flexibility index (Phi) is 3.88. The molecule has 0 radical (unpaired) electrons. The van der Waals surface area contributed by atoms with E-state index in [2.05, 4.69) is 0 Å². The standard InChI is InChI=1S/C10H16N2O2/c11-7(6-13)5-10(14)8-3-1-2-4-9(8)12/h1-4,7,10,13-14H,5-6,11-12H2. The van der Waals surface area contributed by atoms with Crippen LogP contribution in [0.15, 0.2) is 24.3 Å². The second kappa shape index (κ2) is 4.95. The average molecular weight is 196 g/mol. The van der Waals surface area contributed by atoms with Gasteiger partial charge in [0.25, 0.3) is 0 Å². The highest BCUT2D eigenvalue weighted by atomic mass is 16.3. The summed E-state index contributed by atoms with van der Waals surface area (Å²) < 4.78 is 0. The van der Waals surface area contributed by atoms with E-state index >= 15 is 0 Å². The van der Waals surface area contributed by atoms with Crippen molar-refractivity contribution < 1.29 is 10.2 Å². The Labute approximate surface area is 83.2 Å². The quantitative estimate of drug-likeness (QED) is 0.510. The number of para-hydroxylation sites is 1. The van der Waals surface area contributed by atoms with Crippen molar-refractivity contribution >= 4 is 5.69 Å². The van der Waals surface area contributed by atoms with Gasteiger partial charge in [0.05, 0.1) is 12.7 Å². The molecule has 6 N–H and O–H groups in total. The van der Waals surface area contributed by atoms with Gasteiger partial charge in [0.1, 0.15) is 0 Å². The van der Waals surface area contributed by atoms with Crippen LogP contribution in [0.4, 0.5) is 5.69 Å². The number of hydrogen-bond acceptors (Lipinski definition) is 4. The fourth-order valence-electron chi connectivity index (χ4n) is 1.30. The first-order valence-corrected chi connectivity index (χ1v) is 4.54. The lowest BCUT2D eigenvalue weighted by Crippen LogP contribution is -2.26. The third-order valence-corrected chi connectivity index (χ3v) is 2.12. The number of benzene rings is 1. The molecule has 0 aliphatic heterocycles. The zero-order chi connectivity index (χ0) is 10.6. The van der Waals surface area contributed by atoms with Crippen LogP contribution in [0.25, 0.3) is 0 Å². The van der Waals surface area contributed by atoms with Crippen molar-refractivity contribution in [1.29, 1.82) is 0 Å². The van der Waals surface area contributed by atoms with Crippen LogP contribution in [0.2, 0.25) is 0 Å². The summed E-state index contributed by atoms with van der Waals surface area (Å²) in [7, 11) is 0. The van der Waals surface area contributed by atoms with Gasteiger partial charge in [-0.15, -0.1) is 0 Å². The van der Waals surface area contributed by atoms with Gasteiger partial charge in [-0.1, -0.05) is 18.2 Å². The lowest BCUT2D eigenvalue weighted by atomic mass is 10.0. The number of aliphatic hydroxyl groups is 2. The van der Waals surface area contributed by atoms with Gasteiger partial charge in [-0.05, 0) is 12.5 Å². The van der Waals surface area contributed by atoms with Gasteiger partial charge in [-0.25, -0.2) is 0 Å². The molecule has 0 aromatic heterocycles. The topological polar surface area (TPSA) is 92.5 Å². The Balaban J connectivity index is 2.69. The van der Waals surface area contributed by atoms with Gasteiger partial charge < -0.3 is 21.7 Å². The summed E-state index contributed by atoms with van der Waals surface area (Å²) in [4.78, 5) is 0. The van der Waals surface area contributed by atoms with E-state index in [1.54, 1.807) is 24.3 Å². The molecule has 0 aliphatic rings. The van der Waals surface area contributed by atoms with E-state index in [-0.39, 0.29) is 6.61 Å². The Morgan fingerprint density at radius 1 is 1.29 bits per heavy atom. The van der Waals surface area contributed by atoms with Crippen LogP contribution < -0.4 is 11.5 Å². The second-order valence-corrected chi connectivity index (χ2v) is 3.32. The van der Waals surface area contributed by atoms with E-state index in [4.69, 9.17) is 16.6 Å². The summed E-state index contributed by atoms with van der Waals surface area (Å²) in [6.07, 6.45) is -0.400. The molecule has 2 atom stereocenters. The lowest BCUT2D eigenvalue weighted by Gasteiger charge is -2.16. The molecule has 0 spiro atoms. The number of nitrogens with two attached hydrogens (primary N) is 2. The largest absolute Gasteiger partial charge is 0.398 e. The van der Waals surface area contributed by atoms with E-state index in [1.165, 1.54) is 0 Å². The summed E-state index contributed by atoms with van der Waals surface area (Å²) in [6.45, 7) is -0.135. The van der Waals surface area contributed by atoms with Gasteiger partial charge in [-0.3, -0.25) is 0 Å². The molecule has 4 heteroatoms. The molecule has 1 rings (SSSR count). The summed E-state index contributed by atoms with van der Waals surface area (Å²) in [6, 6.07) is 6.67. The third-order valence-electron chi connectivity index (χ3n) is 2.12. The second-order valence-electron chi connectivity index (χ2n) is 3.32. The minimum atomic E-state index is -0.710. The molecule has 78 valence electrons. The molecule has 0 bridgehead atoms. The number of hydrogen-bond donors (Lipinski definition) is 4. The normalized spacial score (nSPS) is 15.1. The molecule has 0 fully saturated rings. The van der Waals surface area contributed by atoms with Crippen LogP contribution in [0.1, 0.15) is 18.1 Å². The summed E-state index contributed by atoms with van der Waals surface area (Å²) in [5.74, 6) is 0. The molecule has 0 amide bonds. The van der Waals surface area contributed by atoms with Crippen molar-refractivity contribution in [2.24, 2.45) is 5.73 Å². The summed E-state index contributed by atoms with van der Waals surface area (Å²) >= 11 is 0. The van der Waals surface area contributed by atoms with Gasteiger partial charge >= 0.3 is 0 Å². The fourth-order valence-corrected chi connectivity index (χ4v) is 1.30. The number of rotatable bonds is 4. The molecule has 0 heterocycles. The lowest BCUT2D eigenvalue weighted by molar-refractivity contribution is 0.141. The first-order valence-electron chi connectivity index (χ1n) is 4.54. The Morgan fingerprint density at radius 3 is 2.50 bits per heavy atom. The van der Waals surface area contributed by atoms with Crippen LogP contribution in [0.3, 0.4) is 0 Å². The van der Waals surface area contributed by atoms with E-state index in [0.717, 1.165) is 0 Å². The van der Waals surface area contributed by atoms with Gasteiger partial charge in [0.15, 0.2) is 0 Å². The van der Waals surface area contributed by atoms with Gasteiger partial charge in [-0.2, -0.15) is 0 Å². The zero-order valence-electron chi connectivity index (χ0n) is 7.93.